The van der Waals surface area contributed by atoms with Gasteiger partial charge in [0.15, 0.2) is 0 Å². The highest BCUT2D eigenvalue weighted by Gasteiger charge is 2.26. The van der Waals surface area contributed by atoms with Crippen molar-refractivity contribution in [3.63, 3.8) is 0 Å². The van der Waals surface area contributed by atoms with E-state index in [9.17, 15) is 4.79 Å². The van der Waals surface area contributed by atoms with E-state index in [1.807, 2.05) is 12.2 Å². The number of allylic oxidation sites excluding steroid dienone is 1. The SMILES string of the molecule is O=C(O)C1CSC(=C2C=CC=NC2)N1. The minimum absolute atomic E-state index is 0.457. The van der Waals surface area contributed by atoms with Crippen LogP contribution in [0, 0.1) is 0 Å². The number of hydrogen-bond donors (Lipinski definition) is 2. The van der Waals surface area contributed by atoms with Crippen LogP contribution in [-0.4, -0.2) is 35.6 Å². The van der Waals surface area contributed by atoms with E-state index in [0.717, 1.165) is 10.6 Å². The van der Waals surface area contributed by atoms with E-state index in [1.54, 1.807) is 18.0 Å². The van der Waals surface area contributed by atoms with Gasteiger partial charge in [0.2, 0.25) is 0 Å². The molecule has 0 aromatic rings. The molecule has 0 aliphatic carbocycles. The molecule has 2 N–H and O–H groups in total. The molecule has 0 saturated carbocycles. The maximum absolute atomic E-state index is 10.7. The molecule has 0 aromatic carbocycles. The highest BCUT2D eigenvalue weighted by atomic mass is 32.2. The van der Waals surface area contributed by atoms with Gasteiger partial charge in [-0.1, -0.05) is 6.08 Å². The molecule has 4 nitrogen and oxygen atoms in total. The molecule has 1 unspecified atom stereocenters. The normalized spacial score (nSPS) is 30.4. The van der Waals surface area contributed by atoms with Gasteiger partial charge in [0.1, 0.15) is 6.04 Å². The average Bonchev–Trinajstić information content (AvgIpc) is 2.68. The van der Waals surface area contributed by atoms with Crippen LogP contribution in [0.4, 0.5) is 0 Å². The second-order valence-corrected chi connectivity index (χ2v) is 4.08. The fourth-order valence-electron chi connectivity index (χ4n) is 1.30. The van der Waals surface area contributed by atoms with Crippen LogP contribution >= 0.6 is 11.8 Å². The fraction of sp³-hybridized carbons (Fsp3) is 0.333. The summed E-state index contributed by atoms with van der Waals surface area (Å²) in [5, 5.41) is 12.7. The van der Waals surface area contributed by atoms with Crippen molar-refractivity contribution >= 4 is 23.9 Å². The minimum atomic E-state index is -0.795. The Hall–Kier alpha value is -1.23. The molecular weight excluding hydrogens is 200 g/mol. The maximum Gasteiger partial charge on any atom is 0.327 e. The predicted molar refractivity (Wildman–Crippen MR) is 56.5 cm³/mol. The number of hydrogen-bond acceptors (Lipinski definition) is 4. The van der Waals surface area contributed by atoms with Crippen molar-refractivity contribution < 1.29 is 9.90 Å². The molecule has 1 fully saturated rings. The Morgan fingerprint density at radius 2 is 2.57 bits per heavy atom. The van der Waals surface area contributed by atoms with Crippen molar-refractivity contribution in [2.24, 2.45) is 4.99 Å². The molecule has 1 saturated heterocycles. The van der Waals surface area contributed by atoms with Crippen molar-refractivity contribution in [1.29, 1.82) is 0 Å². The summed E-state index contributed by atoms with van der Waals surface area (Å²) in [7, 11) is 0. The maximum atomic E-state index is 10.7. The third-order valence-corrected chi connectivity index (χ3v) is 3.21. The Balaban J connectivity index is 2.11. The molecule has 0 spiro atoms. The lowest BCUT2D eigenvalue weighted by atomic mass is 10.2. The zero-order valence-electron chi connectivity index (χ0n) is 7.43. The standard InChI is InChI=1S/C9H10N2O2S/c12-9(13)7-5-14-8(11-7)6-2-1-3-10-4-6/h1-3,7,11H,4-5H2,(H,12,13). The zero-order chi connectivity index (χ0) is 9.97. The highest BCUT2D eigenvalue weighted by Crippen LogP contribution is 2.26. The average molecular weight is 210 g/mol. The topological polar surface area (TPSA) is 61.7 Å². The third kappa shape index (κ3) is 1.82. The molecule has 14 heavy (non-hydrogen) atoms. The first-order valence-electron chi connectivity index (χ1n) is 4.29. The Morgan fingerprint density at radius 1 is 1.71 bits per heavy atom. The lowest BCUT2D eigenvalue weighted by Crippen LogP contribution is -2.32. The summed E-state index contributed by atoms with van der Waals surface area (Å²) in [6, 6.07) is -0.457. The van der Waals surface area contributed by atoms with Crippen LogP contribution in [0.25, 0.3) is 0 Å². The lowest BCUT2D eigenvalue weighted by Gasteiger charge is -2.08. The second-order valence-electron chi connectivity index (χ2n) is 3.05. The van der Waals surface area contributed by atoms with Gasteiger partial charge in [-0.2, -0.15) is 0 Å². The monoisotopic (exact) mass is 210 g/mol. The number of aliphatic carboxylic acids is 1. The molecule has 2 rings (SSSR count). The first-order valence-corrected chi connectivity index (χ1v) is 5.28. The number of thioether (sulfide) groups is 1. The summed E-state index contributed by atoms with van der Waals surface area (Å²) in [6.45, 7) is 0.637. The van der Waals surface area contributed by atoms with E-state index in [2.05, 4.69) is 10.3 Å². The van der Waals surface area contributed by atoms with Gasteiger partial charge < -0.3 is 10.4 Å². The summed E-state index contributed by atoms with van der Waals surface area (Å²) in [4.78, 5) is 14.8. The summed E-state index contributed by atoms with van der Waals surface area (Å²) < 4.78 is 0. The van der Waals surface area contributed by atoms with Crippen LogP contribution in [0.3, 0.4) is 0 Å². The largest absolute Gasteiger partial charge is 0.480 e. The lowest BCUT2D eigenvalue weighted by molar-refractivity contribution is -0.138. The highest BCUT2D eigenvalue weighted by molar-refractivity contribution is 8.03. The number of carboxylic acids is 1. The number of carboxylic acid groups (broad SMARTS) is 1. The summed E-state index contributed by atoms with van der Waals surface area (Å²) in [6.07, 6.45) is 5.58. The number of rotatable bonds is 1. The van der Waals surface area contributed by atoms with Crippen LogP contribution in [0.1, 0.15) is 0 Å². The predicted octanol–water partition coefficient (Wildman–Crippen LogP) is 0.628. The van der Waals surface area contributed by atoms with E-state index >= 15 is 0 Å². The van der Waals surface area contributed by atoms with E-state index in [-0.39, 0.29) is 0 Å². The second kappa shape index (κ2) is 3.88. The summed E-state index contributed by atoms with van der Waals surface area (Å²) >= 11 is 1.55. The fourth-order valence-corrected chi connectivity index (χ4v) is 2.40. The van der Waals surface area contributed by atoms with Crippen molar-refractivity contribution in [3.05, 3.63) is 22.8 Å². The van der Waals surface area contributed by atoms with Crippen LogP contribution in [0.2, 0.25) is 0 Å². The van der Waals surface area contributed by atoms with E-state index < -0.39 is 12.0 Å². The van der Waals surface area contributed by atoms with Crippen LogP contribution < -0.4 is 5.32 Å². The zero-order valence-corrected chi connectivity index (χ0v) is 8.25. The molecule has 74 valence electrons. The number of aliphatic imine (C=N–C) groups is 1. The van der Waals surface area contributed by atoms with E-state index in [4.69, 9.17) is 5.11 Å². The van der Waals surface area contributed by atoms with Crippen molar-refractivity contribution in [2.45, 2.75) is 6.04 Å². The first kappa shape index (κ1) is 9.33. The molecule has 5 heteroatoms. The van der Waals surface area contributed by atoms with Crippen molar-refractivity contribution in [2.75, 3.05) is 12.3 Å². The smallest absolute Gasteiger partial charge is 0.327 e. The Bertz CT molecular complexity index is 347. The molecule has 0 amide bonds. The number of carbonyl (C=O) groups is 1. The quantitative estimate of drug-likeness (QED) is 0.666. The van der Waals surface area contributed by atoms with Gasteiger partial charge in [-0.05, 0) is 6.08 Å². The molecule has 0 bridgehead atoms. The first-order chi connectivity index (χ1) is 6.77. The Kier molecular flexibility index (Phi) is 2.58. The number of dihydropyridines is 1. The van der Waals surface area contributed by atoms with Gasteiger partial charge in [0.25, 0.3) is 0 Å². The molecule has 0 aromatic heterocycles. The van der Waals surface area contributed by atoms with Gasteiger partial charge in [0.05, 0.1) is 11.6 Å². The molecule has 2 heterocycles. The van der Waals surface area contributed by atoms with Crippen LogP contribution in [0.15, 0.2) is 27.7 Å². The number of nitrogens with zero attached hydrogens (tertiary/aromatic N) is 1. The van der Waals surface area contributed by atoms with E-state index in [1.165, 1.54) is 0 Å². The third-order valence-electron chi connectivity index (χ3n) is 2.04. The minimum Gasteiger partial charge on any atom is -0.480 e. The molecule has 1 atom stereocenters. The summed E-state index contributed by atoms with van der Waals surface area (Å²) in [5.74, 6) is -0.206. The molecule has 0 radical (unpaired) electrons. The molecular formula is C9H10N2O2S. The summed E-state index contributed by atoms with van der Waals surface area (Å²) in [5.41, 5.74) is 1.07. The van der Waals surface area contributed by atoms with Crippen LogP contribution in [-0.2, 0) is 4.79 Å². The van der Waals surface area contributed by atoms with E-state index in [0.29, 0.717) is 12.3 Å². The van der Waals surface area contributed by atoms with Gasteiger partial charge in [-0.15, -0.1) is 11.8 Å². The van der Waals surface area contributed by atoms with Crippen LogP contribution in [0.5, 0.6) is 0 Å². The van der Waals surface area contributed by atoms with Gasteiger partial charge in [-0.3, -0.25) is 4.99 Å². The Labute approximate surface area is 85.8 Å². The number of nitrogens with one attached hydrogen (secondary N) is 1. The molecule has 2 aliphatic heterocycles. The molecule has 2 aliphatic rings. The van der Waals surface area contributed by atoms with Crippen molar-refractivity contribution in [3.8, 4) is 0 Å². The van der Waals surface area contributed by atoms with Crippen molar-refractivity contribution in [1.82, 2.24) is 5.32 Å². The van der Waals surface area contributed by atoms with Gasteiger partial charge in [-0.25, -0.2) is 4.79 Å². The van der Waals surface area contributed by atoms with Gasteiger partial charge >= 0.3 is 5.97 Å². The Morgan fingerprint density at radius 3 is 3.14 bits per heavy atom. The van der Waals surface area contributed by atoms with Gasteiger partial charge in [0, 0.05) is 17.5 Å².